The Bertz CT molecular complexity index is 766. The van der Waals surface area contributed by atoms with Gasteiger partial charge in [0.1, 0.15) is 4.21 Å². The Morgan fingerprint density at radius 3 is 2.91 bits per heavy atom. The highest BCUT2D eigenvalue weighted by Crippen LogP contribution is 2.31. The predicted molar refractivity (Wildman–Crippen MR) is 87.5 cm³/mol. The molecule has 0 aliphatic heterocycles. The average molecular weight is 355 g/mol. The molecule has 2 aromatic heterocycles. The zero-order valence-electron chi connectivity index (χ0n) is 12.6. The molecule has 2 rings (SSSR count). The fourth-order valence-corrected chi connectivity index (χ4v) is 4.48. The van der Waals surface area contributed by atoms with Crippen LogP contribution in [0.5, 0.6) is 0 Å². The van der Waals surface area contributed by atoms with Crippen LogP contribution in [-0.2, 0) is 14.8 Å². The minimum Gasteiger partial charge on any atom is -0.355 e. The van der Waals surface area contributed by atoms with Gasteiger partial charge in [-0.1, -0.05) is 11.7 Å². The molecule has 2 aromatic rings. The normalized spacial score (nSPS) is 11.6. The average Bonchev–Trinajstić information content (AvgIpc) is 3.21. The summed E-state index contributed by atoms with van der Waals surface area (Å²) < 4.78 is 31.5. The lowest BCUT2D eigenvalue weighted by molar-refractivity contribution is -0.116. The molecule has 0 atom stereocenters. The first-order valence-electron chi connectivity index (χ1n) is 6.82. The van der Waals surface area contributed by atoms with E-state index >= 15 is 0 Å². The number of carbonyl (C=O) groups is 1. The van der Waals surface area contributed by atoms with Gasteiger partial charge in [-0.25, -0.2) is 12.7 Å². The van der Waals surface area contributed by atoms with Gasteiger partial charge in [-0.15, -0.1) is 11.3 Å². The summed E-state index contributed by atoms with van der Waals surface area (Å²) in [4.78, 5) is 11.7. The predicted octanol–water partition coefficient (Wildman–Crippen LogP) is 1.72. The molecule has 124 valence electrons. The number of nitrogens with one attached hydrogen (secondary N) is 1. The van der Waals surface area contributed by atoms with Crippen LogP contribution >= 0.6 is 11.3 Å². The lowest BCUT2D eigenvalue weighted by Gasteiger charge is -2.15. The number of hydrogen-bond donors (Lipinski definition) is 1. The molecular formula is C14H17N3O4S2. The summed E-state index contributed by atoms with van der Waals surface area (Å²) in [7, 11) is -2.05. The fraction of sp³-hybridized carbons (Fsp3) is 0.286. The first-order chi connectivity index (χ1) is 10.9. The number of sulfonamides is 1. The largest absolute Gasteiger partial charge is 0.355 e. The highest BCUT2D eigenvalue weighted by molar-refractivity contribution is 7.91. The van der Waals surface area contributed by atoms with Gasteiger partial charge in [0.2, 0.25) is 5.91 Å². The van der Waals surface area contributed by atoms with Crippen molar-refractivity contribution in [1.29, 1.82) is 0 Å². The van der Waals surface area contributed by atoms with E-state index < -0.39 is 10.0 Å². The number of thiophene rings is 1. The molecule has 0 saturated carbocycles. The summed E-state index contributed by atoms with van der Waals surface area (Å²) in [6, 6.07) is 4.91. The third-order valence-electron chi connectivity index (χ3n) is 3.06. The van der Waals surface area contributed by atoms with E-state index in [2.05, 4.69) is 17.1 Å². The number of aromatic nitrogens is 1. The van der Waals surface area contributed by atoms with Crippen LogP contribution in [0.4, 0.5) is 0 Å². The summed E-state index contributed by atoms with van der Waals surface area (Å²) in [6.07, 6.45) is 3.19. The fourth-order valence-electron chi connectivity index (χ4n) is 1.79. The van der Waals surface area contributed by atoms with Crippen molar-refractivity contribution in [1.82, 2.24) is 14.8 Å². The molecule has 0 aliphatic rings. The van der Waals surface area contributed by atoms with Crippen LogP contribution in [0.2, 0.25) is 0 Å². The molecule has 0 saturated heterocycles. The zero-order valence-corrected chi connectivity index (χ0v) is 14.2. The van der Waals surface area contributed by atoms with E-state index in [0.29, 0.717) is 30.1 Å². The van der Waals surface area contributed by atoms with E-state index in [4.69, 9.17) is 4.52 Å². The first-order valence-corrected chi connectivity index (χ1v) is 9.08. The van der Waals surface area contributed by atoms with E-state index in [1.807, 2.05) is 0 Å². The molecule has 0 fully saturated rings. The molecule has 2 heterocycles. The number of nitrogens with zero attached hydrogens (tertiary/aromatic N) is 2. The van der Waals surface area contributed by atoms with E-state index in [-0.39, 0.29) is 10.1 Å². The van der Waals surface area contributed by atoms with Crippen LogP contribution in [0.3, 0.4) is 0 Å². The van der Waals surface area contributed by atoms with Gasteiger partial charge in [-0.2, -0.15) is 0 Å². The van der Waals surface area contributed by atoms with Gasteiger partial charge in [0.15, 0.2) is 5.76 Å². The highest BCUT2D eigenvalue weighted by atomic mass is 32.2. The van der Waals surface area contributed by atoms with Crippen molar-refractivity contribution in [2.45, 2.75) is 10.6 Å². The van der Waals surface area contributed by atoms with E-state index in [0.717, 1.165) is 11.3 Å². The van der Waals surface area contributed by atoms with Crippen LogP contribution in [0.1, 0.15) is 6.42 Å². The number of amides is 1. The highest BCUT2D eigenvalue weighted by Gasteiger charge is 2.23. The van der Waals surface area contributed by atoms with Crippen molar-refractivity contribution in [2.75, 3.05) is 20.1 Å². The molecule has 23 heavy (non-hydrogen) atoms. The van der Waals surface area contributed by atoms with Gasteiger partial charge >= 0.3 is 0 Å². The topological polar surface area (TPSA) is 92.5 Å². The number of hydrogen-bond acceptors (Lipinski definition) is 6. The second-order valence-corrected chi connectivity index (χ2v) is 8.03. The Kier molecular flexibility index (Phi) is 5.69. The van der Waals surface area contributed by atoms with E-state index in [9.17, 15) is 13.2 Å². The molecule has 0 spiro atoms. The lowest BCUT2D eigenvalue weighted by atomic mass is 10.4. The van der Waals surface area contributed by atoms with Crippen LogP contribution in [0, 0.1) is 0 Å². The minimum absolute atomic E-state index is 0.238. The van der Waals surface area contributed by atoms with E-state index in [1.165, 1.54) is 23.6 Å². The minimum atomic E-state index is -3.56. The van der Waals surface area contributed by atoms with Crippen LogP contribution in [-0.4, -0.2) is 43.9 Å². The second kappa shape index (κ2) is 7.53. The monoisotopic (exact) mass is 355 g/mol. The van der Waals surface area contributed by atoms with Crippen LogP contribution < -0.4 is 5.32 Å². The summed E-state index contributed by atoms with van der Waals surface area (Å²) in [6.45, 7) is 4.04. The number of carbonyl (C=O) groups excluding carboxylic acids is 1. The summed E-state index contributed by atoms with van der Waals surface area (Å²) in [5, 5.41) is 6.21. The van der Waals surface area contributed by atoms with Gasteiger partial charge in [-0.05, 0) is 24.6 Å². The zero-order chi connectivity index (χ0) is 16.9. The van der Waals surface area contributed by atoms with Crippen molar-refractivity contribution >= 4 is 27.3 Å². The Morgan fingerprint density at radius 1 is 1.48 bits per heavy atom. The molecule has 0 aromatic carbocycles. The number of rotatable bonds is 8. The summed E-state index contributed by atoms with van der Waals surface area (Å²) >= 11 is 1.13. The molecule has 0 aliphatic carbocycles. The molecule has 7 nitrogen and oxygen atoms in total. The van der Waals surface area contributed by atoms with Crippen molar-refractivity contribution in [3.8, 4) is 10.6 Å². The van der Waals surface area contributed by atoms with Gasteiger partial charge < -0.3 is 9.84 Å². The lowest BCUT2D eigenvalue weighted by Crippen LogP contribution is -2.30. The van der Waals surface area contributed by atoms with Gasteiger partial charge in [0.05, 0.1) is 11.1 Å². The maximum Gasteiger partial charge on any atom is 0.252 e. The molecular weight excluding hydrogens is 338 g/mol. The molecule has 1 amide bonds. The Morgan fingerprint density at radius 2 is 2.26 bits per heavy atom. The second-order valence-electron chi connectivity index (χ2n) is 4.67. The Hall–Kier alpha value is -1.97. The molecule has 0 bridgehead atoms. The van der Waals surface area contributed by atoms with Crippen LogP contribution in [0.15, 0.2) is 45.8 Å². The maximum absolute atomic E-state index is 12.5. The van der Waals surface area contributed by atoms with Crippen molar-refractivity contribution in [3.05, 3.63) is 37.1 Å². The van der Waals surface area contributed by atoms with Gasteiger partial charge in [0, 0.05) is 26.2 Å². The smallest absolute Gasteiger partial charge is 0.252 e. The van der Waals surface area contributed by atoms with Crippen molar-refractivity contribution in [2.24, 2.45) is 0 Å². The SMILES string of the molecule is C=CC(=O)NCCCN(C)S(=O)(=O)c1ccc(-c2ccno2)s1. The Labute approximate surface area is 138 Å². The van der Waals surface area contributed by atoms with Crippen LogP contribution in [0.25, 0.3) is 10.6 Å². The van der Waals surface area contributed by atoms with Crippen molar-refractivity contribution < 1.29 is 17.7 Å². The molecule has 0 radical (unpaired) electrons. The van der Waals surface area contributed by atoms with Gasteiger partial charge in [-0.3, -0.25) is 4.79 Å². The third-order valence-corrected chi connectivity index (χ3v) is 6.49. The summed E-state index contributed by atoms with van der Waals surface area (Å²) in [5.41, 5.74) is 0. The maximum atomic E-state index is 12.5. The van der Waals surface area contributed by atoms with Crippen molar-refractivity contribution in [3.63, 3.8) is 0 Å². The quantitative estimate of drug-likeness (QED) is 0.575. The molecule has 9 heteroatoms. The summed E-state index contributed by atoms with van der Waals surface area (Å²) in [5.74, 6) is 0.261. The Balaban J connectivity index is 1.97. The molecule has 0 unspecified atom stereocenters. The first kappa shape index (κ1) is 17.4. The van der Waals surface area contributed by atoms with Gasteiger partial charge in [0.25, 0.3) is 10.0 Å². The molecule has 1 N–H and O–H groups in total. The third kappa shape index (κ3) is 4.27. The standard InChI is InChI=1S/C14H17N3O4S2/c1-3-13(18)15-8-4-10-17(2)23(19,20)14-6-5-12(22-14)11-7-9-16-21-11/h3,5-7,9H,1,4,8,10H2,2H3,(H,15,18). The van der Waals surface area contributed by atoms with E-state index in [1.54, 1.807) is 18.2 Å².